The molecular formula is C13H26N2S. The minimum atomic E-state index is 0.606. The van der Waals surface area contributed by atoms with E-state index >= 15 is 0 Å². The van der Waals surface area contributed by atoms with Gasteiger partial charge in [0.05, 0.1) is 0 Å². The number of hydrogen-bond acceptors (Lipinski definition) is 3. The maximum atomic E-state index is 3.32. The first-order valence-electron chi connectivity index (χ1n) is 6.70. The van der Waals surface area contributed by atoms with Crippen LogP contribution in [0, 0.1) is 5.92 Å². The lowest BCUT2D eigenvalue weighted by molar-refractivity contribution is 0.287. The van der Waals surface area contributed by atoms with Crippen LogP contribution in [0.2, 0.25) is 0 Å². The summed E-state index contributed by atoms with van der Waals surface area (Å²) in [5, 5.41) is 3.32. The summed E-state index contributed by atoms with van der Waals surface area (Å²) in [5.41, 5.74) is 0. The molecule has 0 aromatic rings. The van der Waals surface area contributed by atoms with E-state index in [-0.39, 0.29) is 0 Å². The molecule has 1 N–H and O–H groups in total. The highest BCUT2D eigenvalue weighted by atomic mass is 32.2. The van der Waals surface area contributed by atoms with Crippen LogP contribution < -0.4 is 5.32 Å². The largest absolute Gasteiger partial charge is 0.319 e. The summed E-state index contributed by atoms with van der Waals surface area (Å²) < 4.78 is 0.606. The van der Waals surface area contributed by atoms with Crippen molar-refractivity contribution in [2.24, 2.45) is 5.92 Å². The topological polar surface area (TPSA) is 15.3 Å². The van der Waals surface area contributed by atoms with Gasteiger partial charge in [-0.1, -0.05) is 12.8 Å². The maximum Gasteiger partial charge on any atom is 0.0284 e. The fraction of sp³-hybridized carbons (Fsp3) is 1.00. The maximum absolute atomic E-state index is 3.32. The molecule has 1 unspecified atom stereocenters. The van der Waals surface area contributed by atoms with Gasteiger partial charge in [0.25, 0.3) is 0 Å². The number of thioether (sulfide) groups is 1. The van der Waals surface area contributed by atoms with Crippen LogP contribution in [-0.2, 0) is 0 Å². The molecule has 0 aromatic heterocycles. The van der Waals surface area contributed by atoms with Gasteiger partial charge in [-0.2, -0.15) is 11.8 Å². The highest BCUT2D eigenvalue weighted by Gasteiger charge is 2.36. The lowest BCUT2D eigenvalue weighted by Crippen LogP contribution is -2.38. The molecule has 0 aromatic carbocycles. The molecule has 0 radical (unpaired) electrons. The highest BCUT2D eigenvalue weighted by molar-refractivity contribution is 8.00. The van der Waals surface area contributed by atoms with Crippen LogP contribution in [0.3, 0.4) is 0 Å². The molecule has 94 valence electrons. The monoisotopic (exact) mass is 242 g/mol. The van der Waals surface area contributed by atoms with Crippen molar-refractivity contribution in [2.75, 3.05) is 39.5 Å². The number of rotatable bonds is 5. The molecule has 0 bridgehead atoms. The first-order chi connectivity index (χ1) is 7.78. The third-order valence-corrected chi connectivity index (χ3v) is 5.73. The van der Waals surface area contributed by atoms with Crippen LogP contribution in [0.25, 0.3) is 0 Å². The number of nitrogens with one attached hydrogen (secondary N) is 1. The van der Waals surface area contributed by atoms with E-state index in [1.807, 2.05) is 0 Å². The number of hydrogen-bond donors (Lipinski definition) is 1. The Morgan fingerprint density at radius 3 is 2.75 bits per heavy atom. The van der Waals surface area contributed by atoms with E-state index < -0.39 is 0 Å². The van der Waals surface area contributed by atoms with Crippen LogP contribution in [0.4, 0.5) is 0 Å². The van der Waals surface area contributed by atoms with E-state index in [0.717, 1.165) is 5.92 Å². The Hall–Kier alpha value is 0.270. The zero-order valence-electron chi connectivity index (χ0n) is 10.8. The summed E-state index contributed by atoms with van der Waals surface area (Å²) in [6.07, 6.45) is 9.50. The van der Waals surface area contributed by atoms with Gasteiger partial charge in [0.15, 0.2) is 0 Å². The van der Waals surface area contributed by atoms with Gasteiger partial charge in [0.1, 0.15) is 0 Å². The molecule has 1 saturated heterocycles. The van der Waals surface area contributed by atoms with E-state index in [1.165, 1.54) is 58.3 Å². The molecule has 2 nitrogen and oxygen atoms in total. The first-order valence-corrected chi connectivity index (χ1v) is 7.92. The van der Waals surface area contributed by atoms with Crippen molar-refractivity contribution in [1.82, 2.24) is 10.2 Å². The molecule has 16 heavy (non-hydrogen) atoms. The summed E-state index contributed by atoms with van der Waals surface area (Å²) >= 11 is 2.12. The molecule has 1 aliphatic carbocycles. The van der Waals surface area contributed by atoms with Crippen molar-refractivity contribution in [2.45, 2.75) is 36.9 Å². The van der Waals surface area contributed by atoms with Crippen LogP contribution >= 0.6 is 11.8 Å². The predicted molar refractivity (Wildman–Crippen MR) is 73.2 cm³/mol. The zero-order valence-corrected chi connectivity index (χ0v) is 11.6. The molecular weight excluding hydrogens is 216 g/mol. The van der Waals surface area contributed by atoms with E-state index in [0.29, 0.717) is 4.75 Å². The summed E-state index contributed by atoms with van der Waals surface area (Å²) in [6, 6.07) is 0. The minimum absolute atomic E-state index is 0.606. The van der Waals surface area contributed by atoms with Gasteiger partial charge in [-0.25, -0.2) is 0 Å². The van der Waals surface area contributed by atoms with E-state index in [9.17, 15) is 0 Å². The van der Waals surface area contributed by atoms with E-state index in [1.54, 1.807) is 0 Å². The summed E-state index contributed by atoms with van der Waals surface area (Å²) in [7, 11) is 2.07. The molecule has 1 atom stereocenters. The van der Waals surface area contributed by atoms with Crippen molar-refractivity contribution in [3.63, 3.8) is 0 Å². The fourth-order valence-corrected chi connectivity index (χ4v) is 4.37. The standard InChI is InChI=1S/C13H26N2S/c1-14-9-12-5-8-15(10-12)11-13(16-2)6-3-4-7-13/h12,14H,3-11H2,1-2H3. The third kappa shape index (κ3) is 2.93. The molecule has 1 heterocycles. The minimum Gasteiger partial charge on any atom is -0.319 e. The van der Waals surface area contributed by atoms with Crippen LogP contribution in [0.5, 0.6) is 0 Å². The second kappa shape index (κ2) is 5.74. The average molecular weight is 242 g/mol. The van der Waals surface area contributed by atoms with Crippen LogP contribution in [-0.4, -0.2) is 49.1 Å². The predicted octanol–water partition coefficient (Wildman–Crippen LogP) is 2.20. The normalized spacial score (nSPS) is 30.0. The number of nitrogens with zero attached hydrogens (tertiary/aromatic N) is 1. The van der Waals surface area contributed by atoms with Crippen molar-refractivity contribution in [1.29, 1.82) is 0 Å². The Bertz CT molecular complexity index is 214. The lowest BCUT2D eigenvalue weighted by Gasteiger charge is -2.32. The summed E-state index contributed by atoms with van der Waals surface area (Å²) in [4.78, 5) is 2.71. The molecule has 0 amide bonds. The van der Waals surface area contributed by atoms with E-state index in [4.69, 9.17) is 0 Å². The van der Waals surface area contributed by atoms with Gasteiger partial charge in [0.2, 0.25) is 0 Å². The Labute approximate surface area is 105 Å². The average Bonchev–Trinajstić information content (AvgIpc) is 2.90. The molecule has 2 aliphatic rings. The molecule has 0 spiro atoms. The fourth-order valence-electron chi connectivity index (χ4n) is 3.37. The van der Waals surface area contributed by atoms with Gasteiger partial charge in [0, 0.05) is 17.8 Å². The van der Waals surface area contributed by atoms with Gasteiger partial charge in [-0.3, -0.25) is 0 Å². The quantitative estimate of drug-likeness (QED) is 0.796. The second-order valence-corrected chi connectivity index (χ2v) is 6.82. The summed E-state index contributed by atoms with van der Waals surface area (Å²) in [5.74, 6) is 0.894. The van der Waals surface area contributed by atoms with Gasteiger partial charge in [-0.05, 0) is 51.6 Å². The molecule has 2 rings (SSSR count). The lowest BCUT2D eigenvalue weighted by atomic mass is 10.1. The van der Waals surface area contributed by atoms with Gasteiger partial charge < -0.3 is 10.2 Å². The van der Waals surface area contributed by atoms with Gasteiger partial charge >= 0.3 is 0 Å². The third-order valence-electron chi connectivity index (χ3n) is 4.32. The van der Waals surface area contributed by atoms with Crippen LogP contribution in [0.15, 0.2) is 0 Å². The number of likely N-dealkylation sites (tertiary alicyclic amines) is 1. The molecule has 1 saturated carbocycles. The van der Waals surface area contributed by atoms with Crippen molar-refractivity contribution in [3.8, 4) is 0 Å². The zero-order chi connectivity index (χ0) is 11.4. The van der Waals surface area contributed by atoms with Crippen molar-refractivity contribution < 1.29 is 0 Å². The Morgan fingerprint density at radius 1 is 1.38 bits per heavy atom. The highest BCUT2D eigenvalue weighted by Crippen LogP contribution is 2.41. The Balaban J connectivity index is 1.81. The smallest absolute Gasteiger partial charge is 0.0284 e. The molecule has 1 aliphatic heterocycles. The SMILES string of the molecule is CNCC1CCN(CC2(SC)CCCC2)C1. The van der Waals surface area contributed by atoms with Crippen LogP contribution in [0.1, 0.15) is 32.1 Å². The molecule has 3 heteroatoms. The molecule has 2 fully saturated rings. The first kappa shape index (κ1) is 12.7. The van der Waals surface area contributed by atoms with E-state index in [2.05, 4.69) is 35.3 Å². The van der Waals surface area contributed by atoms with Crippen molar-refractivity contribution >= 4 is 11.8 Å². The van der Waals surface area contributed by atoms with Gasteiger partial charge in [-0.15, -0.1) is 0 Å². The Morgan fingerprint density at radius 2 is 2.12 bits per heavy atom. The summed E-state index contributed by atoms with van der Waals surface area (Å²) in [6.45, 7) is 5.19. The Kier molecular flexibility index (Phi) is 4.57. The second-order valence-electron chi connectivity index (χ2n) is 5.54. The van der Waals surface area contributed by atoms with Crippen molar-refractivity contribution in [3.05, 3.63) is 0 Å².